The zero-order chi connectivity index (χ0) is 52.4. The van der Waals surface area contributed by atoms with Gasteiger partial charge in [-0.3, -0.25) is 19.3 Å². The molecule has 3 aromatic heterocycles. The van der Waals surface area contributed by atoms with Gasteiger partial charge in [-0.25, -0.2) is 18.3 Å². The van der Waals surface area contributed by atoms with Crippen molar-refractivity contribution in [3.8, 4) is 22.9 Å². The summed E-state index contributed by atoms with van der Waals surface area (Å²) >= 11 is 0. The van der Waals surface area contributed by atoms with E-state index in [-0.39, 0.29) is 23.8 Å². The Labute approximate surface area is 430 Å². The second-order valence-electron chi connectivity index (χ2n) is 19.7. The normalized spacial score (nSPS) is 17.7. The van der Waals surface area contributed by atoms with Gasteiger partial charge in [0.1, 0.15) is 41.8 Å². The molecule has 390 valence electrons. The van der Waals surface area contributed by atoms with E-state index in [0.29, 0.717) is 86.8 Å². The zero-order valence-corrected chi connectivity index (χ0v) is 42.4. The molecule has 2 aromatic carbocycles. The summed E-state index contributed by atoms with van der Waals surface area (Å²) in [7, 11) is 3.65. The van der Waals surface area contributed by atoms with Crippen molar-refractivity contribution in [2.45, 2.75) is 75.9 Å². The second-order valence-corrected chi connectivity index (χ2v) is 19.7. The van der Waals surface area contributed by atoms with Gasteiger partial charge in [-0.2, -0.15) is 10.4 Å². The van der Waals surface area contributed by atoms with Crippen LogP contribution >= 0.6 is 0 Å². The Bertz CT molecular complexity index is 2850. The summed E-state index contributed by atoms with van der Waals surface area (Å²) in [5, 5.41) is 19.7. The molecule has 0 aliphatic carbocycles. The van der Waals surface area contributed by atoms with Gasteiger partial charge in [-0.05, 0) is 119 Å². The molecule has 0 bridgehead atoms. The first-order valence-corrected chi connectivity index (χ1v) is 25.5. The standard InChI is InChI=1S/C33H36F2N8O2.C22H29N3O4/c1-3-45-26-17-27(31-24(18-36)20-38-43(31)21-26)23-4-7-30(37-19-23)42-10-8-33(9-11-42,22-41-14-12-40(2)13-15-41)39-32(44)28-16-25(34)5-6-29(28)35;1-23-21(28)6-5-19(15-27)25-14-18-4-3-17(13-20(18)22(25)29)16-7-10-24(11-8-16)9-2-12-26/h4-7,16-17,19-21H,3,8-15,22H2,1-2H3,(H,39,44);3-4,12-13,15-16,19H,2,5-11,14H2,1H3,(H,23,28). The van der Waals surface area contributed by atoms with Crippen LogP contribution in [-0.2, 0) is 20.9 Å². The summed E-state index contributed by atoms with van der Waals surface area (Å²) in [6, 6.07) is 16.5. The number of hydrogen-bond acceptors (Lipinski definition) is 13. The lowest BCUT2D eigenvalue weighted by molar-refractivity contribution is -0.121. The number of nitriles is 1. The van der Waals surface area contributed by atoms with Gasteiger partial charge < -0.3 is 44.6 Å². The molecule has 7 heterocycles. The molecule has 3 amide bonds. The minimum Gasteiger partial charge on any atom is -0.492 e. The molecule has 1 unspecified atom stereocenters. The van der Waals surface area contributed by atoms with E-state index in [1.807, 2.05) is 37.3 Å². The number of carbonyl (C=O) groups is 5. The minimum absolute atomic E-state index is 0.126. The van der Waals surface area contributed by atoms with Gasteiger partial charge in [0.25, 0.3) is 11.8 Å². The highest BCUT2D eigenvalue weighted by Gasteiger charge is 2.39. The van der Waals surface area contributed by atoms with Crippen molar-refractivity contribution >= 4 is 41.6 Å². The highest BCUT2D eigenvalue weighted by molar-refractivity contribution is 6.00. The van der Waals surface area contributed by atoms with Crippen molar-refractivity contribution in [1.29, 1.82) is 5.26 Å². The summed E-state index contributed by atoms with van der Waals surface area (Å²) in [6.45, 7) is 11.0. The van der Waals surface area contributed by atoms with Gasteiger partial charge >= 0.3 is 0 Å². The van der Waals surface area contributed by atoms with Crippen molar-refractivity contribution in [2.75, 3.05) is 91.0 Å². The molecule has 3 saturated heterocycles. The topological polar surface area (TPSA) is 189 Å². The molecular weight excluding hydrogens is 949 g/mol. The molecule has 0 radical (unpaired) electrons. The number of nitrogens with zero attached hydrogens (tertiary/aromatic N) is 9. The lowest BCUT2D eigenvalue weighted by atomic mass is 9.86. The summed E-state index contributed by atoms with van der Waals surface area (Å²) in [5.74, 6) is -0.417. The van der Waals surface area contributed by atoms with Crippen molar-refractivity contribution in [3.63, 3.8) is 0 Å². The molecule has 74 heavy (non-hydrogen) atoms. The summed E-state index contributed by atoms with van der Waals surface area (Å²) in [5.41, 5.74) is 4.67. The first-order chi connectivity index (χ1) is 35.8. The molecule has 2 N–H and O–H groups in total. The number of carbonyl (C=O) groups excluding carboxylic acids is 5. The van der Waals surface area contributed by atoms with Crippen LogP contribution in [0.4, 0.5) is 14.6 Å². The van der Waals surface area contributed by atoms with E-state index in [2.05, 4.69) is 54.5 Å². The number of rotatable bonds is 17. The number of hydrogen-bond donors (Lipinski definition) is 2. The fourth-order valence-electron chi connectivity index (χ4n) is 10.6. The first-order valence-electron chi connectivity index (χ1n) is 25.5. The maximum atomic E-state index is 14.5. The van der Waals surface area contributed by atoms with Crippen LogP contribution in [0, 0.1) is 23.0 Å². The van der Waals surface area contributed by atoms with E-state index >= 15 is 0 Å². The van der Waals surface area contributed by atoms with E-state index in [1.165, 1.54) is 5.56 Å². The average molecular weight is 1010 g/mol. The number of halogens is 2. The first kappa shape index (κ1) is 53.2. The number of nitrogens with one attached hydrogen (secondary N) is 2. The number of piperidine rings is 2. The molecule has 19 heteroatoms. The molecule has 0 saturated carbocycles. The Balaban J connectivity index is 0.000000217. The van der Waals surface area contributed by atoms with Crippen molar-refractivity contribution in [1.82, 2.24) is 44.8 Å². The zero-order valence-electron chi connectivity index (χ0n) is 42.4. The fraction of sp³-hybridized carbons (Fsp3) is 0.455. The number of likely N-dealkylation sites (tertiary alicyclic amines) is 1. The third kappa shape index (κ3) is 12.4. The van der Waals surface area contributed by atoms with E-state index in [4.69, 9.17) is 9.72 Å². The largest absolute Gasteiger partial charge is 0.492 e. The van der Waals surface area contributed by atoms with Crippen molar-refractivity contribution in [2.24, 2.45) is 0 Å². The quantitative estimate of drug-likeness (QED) is 0.112. The van der Waals surface area contributed by atoms with Crippen LogP contribution < -0.4 is 20.3 Å². The van der Waals surface area contributed by atoms with Crippen molar-refractivity contribution < 1.29 is 37.5 Å². The summed E-state index contributed by atoms with van der Waals surface area (Å²) in [4.78, 5) is 75.3. The molecule has 17 nitrogen and oxygen atoms in total. The average Bonchev–Trinajstić information content (AvgIpc) is 4.00. The predicted molar refractivity (Wildman–Crippen MR) is 275 cm³/mol. The molecule has 5 aromatic rings. The Hall–Kier alpha value is -7.14. The van der Waals surface area contributed by atoms with Gasteiger partial charge in [-0.15, -0.1) is 0 Å². The lowest BCUT2D eigenvalue weighted by Gasteiger charge is -2.46. The van der Waals surface area contributed by atoms with Crippen LogP contribution in [-0.4, -0.2) is 162 Å². The van der Waals surface area contributed by atoms with Crippen LogP contribution in [0.3, 0.4) is 0 Å². The van der Waals surface area contributed by atoms with E-state index in [9.17, 15) is 38.0 Å². The van der Waals surface area contributed by atoms with Gasteiger partial charge in [0.15, 0.2) is 0 Å². The third-order valence-corrected chi connectivity index (χ3v) is 14.9. The van der Waals surface area contributed by atoms with Gasteiger partial charge in [-0.1, -0.05) is 12.1 Å². The van der Waals surface area contributed by atoms with Crippen LogP contribution in [0.25, 0.3) is 16.6 Å². The Morgan fingerprint density at radius 2 is 1.72 bits per heavy atom. The molecule has 9 rings (SSSR count). The Kier molecular flexibility index (Phi) is 17.4. The SMILES string of the molecule is CCOc1cc(-c2ccc(N3CCC(CN4CCN(C)CC4)(NC(=O)c4cc(F)ccc4F)CC3)nc2)c2c(C#N)cnn2c1.CNC(=O)CCC(C=O)N1Cc2ccc(C3CCN(CCC=O)CC3)cc2C1=O. The van der Waals surface area contributed by atoms with Gasteiger partial charge in [0.05, 0.1) is 47.2 Å². The number of ether oxygens (including phenoxy) is 1. The number of fused-ring (bicyclic) bond motifs is 2. The number of aromatic nitrogens is 3. The highest BCUT2D eigenvalue weighted by Crippen LogP contribution is 2.35. The lowest BCUT2D eigenvalue weighted by Crippen LogP contribution is -2.62. The van der Waals surface area contributed by atoms with Gasteiger partial charge in [0.2, 0.25) is 5.91 Å². The molecular formula is C55H65F2N11O6. The summed E-state index contributed by atoms with van der Waals surface area (Å²) < 4.78 is 35.8. The molecule has 3 fully saturated rings. The minimum atomic E-state index is -0.743. The molecule has 4 aliphatic rings. The number of benzene rings is 2. The number of aldehydes is 2. The van der Waals surface area contributed by atoms with Crippen LogP contribution in [0.2, 0.25) is 0 Å². The number of pyridine rings is 2. The van der Waals surface area contributed by atoms with Crippen LogP contribution in [0.1, 0.15) is 95.2 Å². The maximum Gasteiger partial charge on any atom is 0.255 e. The van der Waals surface area contributed by atoms with E-state index < -0.39 is 29.1 Å². The van der Waals surface area contributed by atoms with E-state index in [1.54, 1.807) is 35.1 Å². The maximum absolute atomic E-state index is 14.5. The molecule has 4 aliphatic heterocycles. The molecule has 1 atom stereocenters. The van der Waals surface area contributed by atoms with Gasteiger partial charge in [0, 0.05) is 102 Å². The third-order valence-electron chi connectivity index (χ3n) is 14.9. The smallest absolute Gasteiger partial charge is 0.255 e. The fourth-order valence-corrected chi connectivity index (χ4v) is 10.6. The molecule has 0 spiro atoms. The monoisotopic (exact) mass is 1010 g/mol. The second kappa shape index (κ2) is 24.3. The van der Waals surface area contributed by atoms with Crippen LogP contribution in [0.15, 0.2) is 73.2 Å². The highest BCUT2D eigenvalue weighted by atomic mass is 19.1. The number of amides is 3. The van der Waals surface area contributed by atoms with E-state index in [0.717, 1.165) is 112 Å². The Morgan fingerprint density at radius 3 is 2.39 bits per heavy atom. The Morgan fingerprint density at radius 1 is 0.946 bits per heavy atom. The predicted octanol–water partition coefficient (Wildman–Crippen LogP) is 5.47. The summed E-state index contributed by atoms with van der Waals surface area (Å²) in [6.07, 6.45) is 11.2. The number of anilines is 1. The van der Waals surface area contributed by atoms with Crippen LogP contribution in [0.5, 0.6) is 5.75 Å². The number of likely N-dealkylation sites (N-methyl/N-ethyl adjacent to an activating group) is 1. The number of piperazine rings is 1. The van der Waals surface area contributed by atoms with Crippen molar-refractivity contribution in [3.05, 3.63) is 113 Å².